The summed E-state index contributed by atoms with van der Waals surface area (Å²) in [6.07, 6.45) is 3.00. The van der Waals surface area contributed by atoms with E-state index >= 15 is 0 Å². The van der Waals surface area contributed by atoms with Crippen molar-refractivity contribution in [3.63, 3.8) is 0 Å². The van der Waals surface area contributed by atoms with Crippen LogP contribution in [0.15, 0.2) is 0 Å². The molecule has 0 saturated carbocycles. The zero-order chi connectivity index (χ0) is 10.3. The Bertz CT molecular complexity index is 149. The van der Waals surface area contributed by atoms with E-state index in [1.807, 2.05) is 20.8 Å². The van der Waals surface area contributed by atoms with Crippen molar-refractivity contribution in [1.29, 1.82) is 0 Å². The minimum Gasteiger partial charge on any atom is -0.338 e. The van der Waals surface area contributed by atoms with Gasteiger partial charge in [0.15, 0.2) is 0 Å². The van der Waals surface area contributed by atoms with Gasteiger partial charge in [0.1, 0.15) is 0 Å². The molecule has 0 fully saturated rings. The number of amides is 2. The van der Waals surface area contributed by atoms with E-state index < -0.39 is 0 Å². The van der Waals surface area contributed by atoms with Crippen LogP contribution in [-0.4, -0.2) is 18.1 Å². The Kier molecular flexibility index (Phi) is 5.51. The van der Waals surface area contributed by atoms with Crippen molar-refractivity contribution in [2.45, 2.75) is 45.6 Å². The molecule has 0 bridgehead atoms. The summed E-state index contributed by atoms with van der Waals surface area (Å²) in [6, 6.07) is -0.0865. The van der Waals surface area contributed by atoms with E-state index in [2.05, 4.69) is 17.6 Å². The van der Waals surface area contributed by atoms with Crippen molar-refractivity contribution in [3.05, 3.63) is 6.92 Å². The average Bonchev–Trinajstić information content (AvgIpc) is 1.94. The van der Waals surface area contributed by atoms with E-state index in [1.165, 1.54) is 0 Å². The molecule has 2 amide bonds. The molecule has 3 nitrogen and oxygen atoms in total. The third-order valence-electron chi connectivity index (χ3n) is 1.45. The zero-order valence-electron chi connectivity index (χ0n) is 8.94. The van der Waals surface area contributed by atoms with Crippen LogP contribution in [0, 0.1) is 6.92 Å². The highest BCUT2D eigenvalue weighted by molar-refractivity contribution is 5.74. The van der Waals surface area contributed by atoms with Gasteiger partial charge < -0.3 is 10.6 Å². The van der Waals surface area contributed by atoms with E-state index in [9.17, 15) is 4.79 Å². The van der Waals surface area contributed by atoms with Gasteiger partial charge in [0.05, 0.1) is 0 Å². The minimum atomic E-state index is -0.156. The third kappa shape index (κ3) is 9.18. The third-order valence-corrected chi connectivity index (χ3v) is 1.45. The quantitative estimate of drug-likeness (QED) is 0.647. The number of hydrogen-bond donors (Lipinski definition) is 2. The first kappa shape index (κ1) is 12.3. The van der Waals surface area contributed by atoms with Gasteiger partial charge in [-0.25, -0.2) is 4.79 Å². The lowest BCUT2D eigenvalue weighted by Gasteiger charge is -2.20. The Morgan fingerprint density at radius 1 is 1.31 bits per heavy atom. The normalized spacial score (nSPS) is 11.1. The van der Waals surface area contributed by atoms with Gasteiger partial charge in [0.2, 0.25) is 0 Å². The standard InChI is InChI=1S/C10H21N2O/c1-5-6-7-8-11-9(13)12-10(2,3)4/h1,5-8H2,2-4H3,(H2,11,12,13). The second kappa shape index (κ2) is 5.84. The molecule has 0 aliphatic rings. The molecular formula is C10H21N2O. The predicted octanol–water partition coefficient (Wildman–Crippen LogP) is 2.09. The summed E-state index contributed by atoms with van der Waals surface area (Å²) < 4.78 is 0. The maximum Gasteiger partial charge on any atom is 0.315 e. The van der Waals surface area contributed by atoms with Crippen LogP contribution < -0.4 is 10.6 Å². The molecule has 0 aliphatic carbocycles. The van der Waals surface area contributed by atoms with Crippen LogP contribution in [0.5, 0.6) is 0 Å². The van der Waals surface area contributed by atoms with Crippen LogP contribution in [0.4, 0.5) is 4.79 Å². The number of nitrogens with one attached hydrogen (secondary N) is 2. The fraction of sp³-hybridized carbons (Fsp3) is 0.800. The predicted molar refractivity (Wildman–Crippen MR) is 55.5 cm³/mol. The molecule has 0 aromatic rings. The molecule has 0 unspecified atom stereocenters. The van der Waals surface area contributed by atoms with Crippen molar-refractivity contribution < 1.29 is 4.79 Å². The molecule has 13 heavy (non-hydrogen) atoms. The van der Waals surface area contributed by atoms with Gasteiger partial charge in [0.25, 0.3) is 0 Å². The number of rotatable bonds is 4. The Labute approximate surface area is 81.3 Å². The number of urea groups is 1. The smallest absolute Gasteiger partial charge is 0.315 e. The summed E-state index contributed by atoms with van der Waals surface area (Å²) in [7, 11) is 0. The number of carbonyl (C=O) groups excluding carboxylic acids is 1. The highest BCUT2D eigenvalue weighted by Gasteiger charge is 2.12. The second-order valence-corrected chi connectivity index (χ2v) is 4.19. The van der Waals surface area contributed by atoms with E-state index in [1.54, 1.807) is 0 Å². The Morgan fingerprint density at radius 2 is 1.92 bits per heavy atom. The van der Waals surface area contributed by atoms with Crippen LogP contribution in [0.1, 0.15) is 40.0 Å². The van der Waals surface area contributed by atoms with Gasteiger partial charge in [-0.1, -0.05) is 19.8 Å². The van der Waals surface area contributed by atoms with E-state index in [0.717, 1.165) is 25.8 Å². The van der Waals surface area contributed by atoms with Gasteiger partial charge in [-0.2, -0.15) is 0 Å². The Morgan fingerprint density at radius 3 is 2.38 bits per heavy atom. The Hall–Kier alpha value is -0.730. The van der Waals surface area contributed by atoms with Crippen LogP contribution in [0.3, 0.4) is 0 Å². The molecule has 77 valence electrons. The van der Waals surface area contributed by atoms with Gasteiger partial charge in [0, 0.05) is 12.1 Å². The fourth-order valence-corrected chi connectivity index (χ4v) is 0.888. The molecule has 0 saturated heterocycles. The largest absolute Gasteiger partial charge is 0.338 e. The first-order valence-electron chi connectivity index (χ1n) is 4.81. The molecule has 0 rings (SSSR count). The highest BCUT2D eigenvalue weighted by atomic mass is 16.2. The van der Waals surface area contributed by atoms with Crippen LogP contribution in [0.25, 0.3) is 0 Å². The van der Waals surface area contributed by atoms with Gasteiger partial charge in [-0.15, -0.1) is 0 Å². The number of unbranched alkanes of at least 4 members (excludes halogenated alkanes) is 2. The molecule has 0 aliphatic heterocycles. The molecule has 0 aromatic carbocycles. The molecule has 0 atom stereocenters. The number of carbonyl (C=O) groups is 1. The SMILES string of the molecule is [CH2]CCCCNC(=O)NC(C)(C)C. The summed E-state index contributed by atoms with van der Waals surface area (Å²) in [5, 5.41) is 5.63. The van der Waals surface area contributed by atoms with Crippen molar-refractivity contribution in [2.24, 2.45) is 0 Å². The first-order valence-corrected chi connectivity index (χ1v) is 4.81. The molecule has 2 N–H and O–H groups in total. The lowest BCUT2D eigenvalue weighted by atomic mass is 10.1. The van der Waals surface area contributed by atoms with Crippen molar-refractivity contribution in [3.8, 4) is 0 Å². The fourth-order valence-electron chi connectivity index (χ4n) is 0.888. The molecule has 1 radical (unpaired) electrons. The van der Waals surface area contributed by atoms with Gasteiger partial charge >= 0.3 is 6.03 Å². The molecule has 0 heterocycles. The maximum absolute atomic E-state index is 11.2. The summed E-state index contributed by atoms with van der Waals surface area (Å²) in [4.78, 5) is 11.2. The lowest BCUT2D eigenvalue weighted by Crippen LogP contribution is -2.46. The second-order valence-electron chi connectivity index (χ2n) is 4.19. The highest BCUT2D eigenvalue weighted by Crippen LogP contribution is 1.97. The molecule has 3 heteroatoms. The van der Waals surface area contributed by atoms with Crippen LogP contribution >= 0.6 is 0 Å². The topological polar surface area (TPSA) is 41.1 Å². The molecule has 0 spiro atoms. The van der Waals surface area contributed by atoms with E-state index in [-0.39, 0.29) is 11.6 Å². The first-order chi connectivity index (χ1) is 5.95. The van der Waals surface area contributed by atoms with E-state index in [4.69, 9.17) is 0 Å². The van der Waals surface area contributed by atoms with E-state index in [0.29, 0.717) is 0 Å². The average molecular weight is 185 g/mol. The summed E-state index contributed by atoms with van der Waals surface area (Å²) in [5.74, 6) is 0. The maximum atomic E-state index is 11.2. The Balaban J connectivity index is 3.41. The van der Waals surface area contributed by atoms with Crippen molar-refractivity contribution in [2.75, 3.05) is 6.54 Å². The number of hydrogen-bond acceptors (Lipinski definition) is 1. The lowest BCUT2D eigenvalue weighted by molar-refractivity contribution is 0.232. The van der Waals surface area contributed by atoms with Crippen LogP contribution in [-0.2, 0) is 0 Å². The summed E-state index contributed by atoms with van der Waals surface area (Å²) in [6.45, 7) is 10.3. The summed E-state index contributed by atoms with van der Waals surface area (Å²) >= 11 is 0. The molecule has 0 aromatic heterocycles. The van der Waals surface area contributed by atoms with Gasteiger partial charge in [-0.3, -0.25) is 0 Å². The van der Waals surface area contributed by atoms with Crippen molar-refractivity contribution >= 4 is 6.03 Å². The monoisotopic (exact) mass is 185 g/mol. The summed E-state index contributed by atoms with van der Waals surface area (Å²) in [5.41, 5.74) is -0.156. The van der Waals surface area contributed by atoms with Crippen molar-refractivity contribution in [1.82, 2.24) is 10.6 Å². The van der Waals surface area contributed by atoms with Crippen LogP contribution in [0.2, 0.25) is 0 Å². The van der Waals surface area contributed by atoms with Gasteiger partial charge in [-0.05, 0) is 27.2 Å². The molecular weight excluding hydrogens is 164 g/mol. The minimum absolute atomic E-state index is 0.0865. The zero-order valence-corrected chi connectivity index (χ0v) is 8.94.